The SMILES string of the molecule is c1ccc(-c2cc3ccccc3cc2-c2ccc3oc4ccc(-c5cccc6ccccc56)cc4c3c2)cc1. The van der Waals surface area contributed by atoms with Crippen LogP contribution in [0.25, 0.3) is 76.9 Å². The first kappa shape index (κ1) is 21.9. The van der Waals surface area contributed by atoms with Crippen LogP contribution in [-0.4, -0.2) is 0 Å². The highest BCUT2D eigenvalue weighted by molar-refractivity contribution is 6.09. The van der Waals surface area contributed by atoms with Crippen molar-refractivity contribution in [2.75, 3.05) is 0 Å². The van der Waals surface area contributed by atoms with Crippen LogP contribution in [0.15, 0.2) is 150 Å². The molecule has 39 heavy (non-hydrogen) atoms. The summed E-state index contributed by atoms with van der Waals surface area (Å²) in [5.74, 6) is 0. The van der Waals surface area contributed by atoms with Gasteiger partial charge < -0.3 is 4.42 Å². The minimum Gasteiger partial charge on any atom is -0.456 e. The number of benzene rings is 7. The Hall–Kier alpha value is -5.14. The average Bonchev–Trinajstić information content (AvgIpc) is 3.38. The van der Waals surface area contributed by atoms with Gasteiger partial charge in [-0.1, -0.05) is 109 Å². The Balaban J connectivity index is 1.35. The second kappa shape index (κ2) is 8.72. The third-order valence-electron chi connectivity index (χ3n) is 7.85. The molecule has 182 valence electrons. The summed E-state index contributed by atoms with van der Waals surface area (Å²) in [5, 5.41) is 7.27. The Labute approximate surface area is 226 Å². The monoisotopic (exact) mass is 496 g/mol. The quantitative estimate of drug-likeness (QED) is 0.237. The Bertz CT molecular complexity index is 2160. The maximum absolute atomic E-state index is 6.31. The molecule has 8 aromatic rings. The van der Waals surface area contributed by atoms with Crippen LogP contribution < -0.4 is 0 Å². The second-order valence-corrected chi connectivity index (χ2v) is 10.2. The van der Waals surface area contributed by atoms with Crippen LogP contribution in [0.4, 0.5) is 0 Å². The van der Waals surface area contributed by atoms with Crippen LogP contribution in [0.5, 0.6) is 0 Å². The number of fused-ring (bicyclic) bond motifs is 5. The van der Waals surface area contributed by atoms with Crippen molar-refractivity contribution >= 4 is 43.5 Å². The lowest BCUT2D eigenvalue weighted by molar-refractivity contribution is 0.669. The summed E-state index contributed by atoms with van der Waals surface area (Å²) in [6, 6.07) is 52.1. The highest BCUT2D eigenvalue weighted by Crippen LogP contribution is 2.40. The van der Waals surface area contributed by atoms with Crippen LogP contribution in [0, 0.1) is 0 Å². The van der Waals surface area contributed by atoms with E-state index in [-0.39, 0.29) is 0 Å². The Kier molecular flexibility index (Phi) is 4.89. The summed E-state index contributed by atoms with van der Waals surface area (Å²) < 4.78 is 6.31. The molecule has 0 aliphatic rings. The molecule has 1 heterocycles. The Morgan fingerprint density at radius 1 is 0.308 bits per heavy atom. The molecule has 0 aliphatic carbocycles. The fraction of sp³-hybridized carbons (Fsp3) is 0. The number of furan rings is 1. The number of rotatable bonds is 3. The maximum Gasteiger partial charge on any atom is 0.135 e. The van der Waals surface area contributed by atoms with Gasteiger partial charge in [0.2, 0.25) is 0 Å². The zero-order valence-corrected chi connectivity index (χ0v) is 21.3. The number of hydrogen-bond donors (Lipinski definition) is 0. The summed E-state index contributed by atoms with van der Waals surface area (Å²) in [6.07, 6.45) is 0. The molecule has 0 amide bonds. The maximum atomic E-state index is 6.31. The highest BCUT2D eigenvalue weighted by Gasteiger charge is 2.14. The summed E-state index contributed by atoms with van der Waals surface area (Å²) in [4.78, 5) is 0. The molecule has 0 saturated carbocycles. The van der Waals surface area contributed by atoms with E-state index >= 15 is 0 Å². The smallest absolute Gasteiger partial charge is 0.135 e. The largest absolute Gasteiger partial charge is 0.456 e. The normalized spacial score (nSPS) is 11.6. The second-order valence-electron chi connectivity index (χ2n) is 10.2. The molecular weight excluding hydrogens is 472 g/mol. The molecule has 1 nitrogen and oxygen atoms in total. The molecule has 0 aliphatic heterocycles. The molecule has 0 unspecified atom stereocenters. The molecule has 0 N–H and O–H groups in total. The first-order valence-electron chi connectivity index (χ1n) is 13.3. The van der Waals surface area contributed by atoms with E-state index in [1.807, 2.05) is 0 Å². The minimum absolute atomic E-state index is 0.908. The molecule has 0 spiro atoms. The molecule has 0 radical (unpaired) electrons. The van der Waals surface area contributed by atoms with E-state index < -0.39 is 0 Å². The zero-order valence-electron chi connectivity index (χ0n) is 21.3. The van der Waals surface area contributed by atoms with Gasteiger partial charge in [-0.25, -0.2) is 0 Å². The van der Waals surface area contributed by atoms with E-state index in [4.69, 9.17) is 4.42 Å². The van der Waals surface area contributed by atoms with Gasteiger partial charge in [0, 0.05) is 10.8 Å². The van der Waals surface area contributed by atoms with Crippen molar-refractivity contribution in [1.82, 2.24) is 0 Å². The molecular formula is C38H24O. The van der Waals surface area contributed by atoms with Crippen molar-refractivity contribution in [3.8, 4) is 33.4 Å². The third kappa shape index (κ3) is 3.63. The summed E-state index contributed by atoms with van der Waals surface area (Å²) in [5.41, 5.74) is 9.11. The van der Waals surface area contributed by atoms with Crippen molar-refractivity contribution < 1.29 is 4.42 Å². The van der Waals surface area contributed by atoms with Gasteiger partial charge in [0.15, 0.2) is 0 Å². The Morgan fingerprint density at radius 3 is 1.54 bits per heavy atom. The lowest BCUT2D eigenvalue weighted by atomic mass is 9.91. The molecule has 1 aromatic heterocycles. The van der Waals surface area contributed by atoms with Crippen LogP contribution >= 0.6 is 0 Å². The van der Waals surface area contributed by atoms with Crippen molar-refractivity contribution in [3.63, 3.8) is 0 Å². The fourth-order valence-corrected chi connectivity index (χ4v) is 5.93. The van der Waals surface area contributed by atoms with Crippen molar-refractivity contribution in [1.29, 1.82) is 0 Å². The van der Waals surface area contributed by atoms with E-state index in [1.54, 1.807) is 0 Å². The van der Waals surface area contributed by atoms with Crippen molar-refractivity contribution in [2.45, 2.75) is 0 Å². The highest BCUT2D eigenvalue weighted by atomic mass is 16.3. The van der Waals surface area contributed by atoms with E-state index in [1.165, 1.54) is 54.9 Å². The molecule has 1 heteroatoms. The van der Waals surface area contributed by atoms with E-state index in [9.17, 15) is 0 Å². The van der Waals surface area contributed by atoms with Gasteiger partial charge in [-0.15, -0.1) is 0 Å². The van der Waals surface area contributed by atoms with Gasteiger partial charge in [-0.3, -0.25) is 0 Å². The lowest BCUT2D eigenvalue weighted by Gasteiger charge is -2.13. The Morgan fingerprint density at radius 2 is 0.846 bits per heavy atom. The van der Waals surface area contributed by atoms with E-state index in [0.717, 1.165) is 21.9 Å². The fourth-order valence-electron chi connectivity index (χ4n) is 5.93. The zero-order chi connectivity index (χ0) is 25.8. The summed E-state index contributed by atoms with van der Waals surface area (Å²) in [6.45, 7) is 0. The van der Waals surface area contributed by atoms with Gasteiger partial charge in [0.05, 0.1) is 0 Å². The van der Waals surface area contributed by atoms with Crippen LogP contribution in [-0.2, 0) is 0 Å². The predicted octanol–water partition coefficient (Wildman–Crippen LogP) is 10.9. The van der Waals surface area contributed by atoms with Gasteiger partial charge >= 0.3 is 0 Å². The minimum atomic E-state index is 0.908. The molecule has 0 atom stereocenters. The van der Waals surface area contributed by atoms with Gasteiger partial charge in [-0.2, -0.15) is 0 Å². The molecule has 8 rings (SSSR count). The predicted molar refractivity (Wildman–Crippen MR) is 165 cm³/mol. The van der Waals surface area contributed by atoms with Crippen molar-refractivity contribution in [3.05, 3.63) is 146 Å². The summed E-state index contributed by atoms with van der Waals surface area (Å²) >= 11 is 0. The lowest BCUT2D eigenvalue weighted by Crippen LogP contribution is -1.87. The molecule has 0 bridgehead atoms. The van der Waals surface area contributed by atoms with Gasteiger partial charge in [0.1, 0.15) is 11.2 Å². The topological polar surface area (TPSA) is 13.1 Å². The molecule has 0 fully saturated rings. The first-order valence-corrected chi connectivity index (χ1v) is 13.3. The van der Waals surface area contributed by atoms with Gasteiger partial charge in [-0.05, 0) is 91.3 Å². The summed E-state index contributed by atoms with van der Waals surface area (Å²) in [7, 11) is 0. The van der Waals surface area contributed by atoms with Crippen LogP contribution in [0.2, 0.25) is 0 Å². The molecule has 7 aromatic carbocycles. The molecule has 0 saturated heterocycles. The average molecular weight is 497 g/mol. The standard InChI is InChI=1S/C38H24O/c1-2-9-26(10-3-1)33-21-27-12-4-5-13-28(27)22-34(33)30-18-20-38-36(24-30)35-23-29(17-19-37(35)39-38)32-16-8-14-25-11-6-7-15-31(25)32/h1-24H. The van der Waals surface area contributed by atoms with Crippen molar-refractivity contribution in [2.24, 2.45) is 0 Å². The third-order valence-corrected chi connectivity index (χ3v) is 7.85. The van der Waals surface area contributed by atoms with Crippen LogP contribution in [0.1, 0.15) is 0 Å². The number of hydrogen-bond acceptors (Lipinski definition) is 1. The van der Waals surface area contributed by atoms with Gasteiger partial charge in [0.25, 0.3) is 0 Å². The first-order chi connectivity index (χ1) is 19.3. The van der Waals surface area contributed by atoms with E-state index in [0.29, 0.717) is 0 Å². The van der Waals surface area contributed by atoms with Crippen LogP contribution in [0.3, 0.4) is 0 Å². The van der Waals surface area contributed by atoms with E-state index in [2.05, 4.69) is 146 Å².